The van der Waals surface area contributed by atoms with Crippen LogP contribution in [0.2, 0.25) is 0 Å². The first-order valence-electron chi connectivity index (χ1n) is 9.17. The van der Waals surface area contributed by atoms with Crippen LogP contribution in [-0.2, 0) is 13.6 Å². The largest absolute Gasteiger partial charge is 0.497 e. The Hall–Kier alpha value is -2.01. The van der Waals surface area contributed by atoms with Crippen molar-refractivity contribution in [3.8, 4) is 11.5 Å². The number of methoxy groups -OCH3 is 2. The monoisotopic (exact) mass is 516 g/mol. The molecular weight excluding hydrogens is 483 g/mol. The second-order valence-corrected chi connectivity index (χ2v) is 6.89. The van der Waals surface area contributed by atoms with E-state index in [2.05, 4.69) is 39.3 Å². The average Bonchev–Trinajstić information content (AvgIpc) is 3.10. The molecule has 0 aliphatic carbocycles. The number of benzene rings is 1. The van der Waals surface area contributed by atoms with Crippen molar-refractivity contribution in [3.63, 3.8) is 0 Å². The first kappa shape index (κ1) is 25.0. The molecule has 0 amide bonds. The molecular formula is C20H33IN6O2. The van der Waals surface area contributed by atoms with Crippen LogP contribution in [-0.4, -0.2) is 74.5 Å². The maximum absolute atomic E-state index is 5.51. The Balaban J connectivity index is 0.00000420. The smallest absolute Gasteiger partial charge is 0.193 e. The molecule has 162 valence electrons. The molecule has 2 aromatic rings. The van der Waals surface area contributed by atoms with E-state index >= 15 is 0 Å². The fourth-order valence-electron chi connectivity index (χ4n) is 3.10. The SMILES string of the molecule is CN=C(NCC(c1cnn(C)c1)N(C)C)N(C)Cc1ccc(OC)cc1OC.I. The summed E-state index contributed by atoms with van der Waals surface area (Å²) in [4.78, 5) is 8.67. The van der Waals surface area contributed by atoms with Crippen molar-refractivity contribution in [3.05, 3.63) is 41.7 Å². The molecule has 0 saturated heterocycles. The number of hydrogen-bond acceptors (Lipinski definition) is 5. The average molecular weight is 516 g/mol. The van der Waals surface area contributed by atoms with E-state index in [-0.39, 0.29) is 30.0 Å². The zero-order chi connectivity index (χ0) is 20.7. The third-order valence-electron chi connectivity index (χ3n) is 4.66. The number of nitrogens with zero attached hydrogens (tertiary/aromatic N) is 5. The van der Waals surface area contributed by atoms with Crippen molar-refractivity contribution >= 4 is 29.9 Å². The van der Waals surface area contributed by atoms with E-state index in [0.29, 0.717) is 6.54 Å². The Labute approximate surface area is 190 Å². The van der Waals surface area contributed by atoms with Gasteiger partial charge in [-0.05, 0) is 26.2 Å². The summed E-state index contributed by atoms with van der Waals surface area (Å²) in [6, 6.07) is 6.03. The Morgan fingerprint density at radius 2 is 1.97 bits per heavy atom. The Morgan fingerprint density at radius 3 is 2.48 bits per heavy atom. The molecule has 9 heteroatoms. The number of aryl methyl sites for hydroxylation is 1. The van der Waals surface area contributed by atoms with E-state index in [1.165, 1.54) is 0 Å². The summed E-state index contributed by atoms with van der Waals surface area (Å²) in [6.45, 7) is 1.38. The van der Waals surface area contributed by atoms with E-state index in [1.54, 1.807) is 21.3 Å². The molecule has 0 aliphatic heterocycles. The maximum atomic E-state index is 5.51. The van der Waals surface area contributed by atoms with Gasteiger partial charge in [0.25, 0.3) is 0 Å². The standard InChI is InChI=1S/C20H32N6O2.HI/c1-21-20(22-12-18(24(2)3)16-11-23-26(5)14-16)25(4)13-15-8-9-17(27-6)10-19(15)28-7;/h8-11,14,18H,12-13H2,1-7H3,(H,21,22);1H. The fourth-order valence-corrected chi connectivity index (χ4v) is 3.10. The number of aliphatic imine (C=N–C) groups is 1. The van der Waals surface area contributed by atoms with Crippen LogP contribution in [0.3, 0.4) is 0 Å². The van der Waals surface area contributed by atoms with Gasteiger partial charge in [-0.2, -0.15) is 5.10 Å². The van der Waals surface area contributed by atoms with Crippen LogP contribution in [0.15, 0.2) is 35.6 Å². The van der Waals surface area contributed by atoms with Gasteiger partial charge < -0.3 is 24.6 Å². The molecule has 1 unspecified atom stereocenters. The molecule has 0 aliphatic rings. The van der Waals surface area contributed by atoms with Crippen LogP contribution in [0.1, 0.15) is 17.2 Å². The predicted molar refractivity (Wildman–Crippen MR) is 127 cm³/mol. The van der Waals surface area contributed by atoms with Crippen molar-refractivity contribution in [1.29, 1.82) is 0 Å². The van der Waals surface area contributed by atoms with E-state index < -0.39 is 0 Å². The molecule has 0 saturated carbocycles. The summed E-state index contributed by atoms with van der Waals surface area (Å²) >= 11 is 0. The van der Waals surface area contributed by atoms with Gasteiger partial charge in [0.15, 0.2) is 5.96 Å². The molecule has 1 N–H and O–H groups in total. The van der Waals surface area contributed by atoms with Gasteiger partial charge in [0.05, 0.1) is 26.5 Å². The highest BCUT2D eigenvalue weighted by atomic mass is 127. The lowest BCUT2D eigenvalue weighted by molar-refractivity contribution is 0.295. The summed E-state index contributed by atoms with van der Waals surface area (Å²) in [5.41, 5.74) is 2.22. The summed E-state index contributed by atoms with van der Waals surface area (Å²) < 4.78 is 12.6. The minimum Gasteiger partial charge on any atom is -0.497 e. The van der Waals surface area contributed by atoms with Crippen LogP contribution in [0.5, 0.6) is 11.5 Å². The normalized spacial score (nSPS) is 12.3. The molecule has 1 heterocycles. The Morgan fingerprint density at radius 1 is 1.24 bits per heavy atom. The zero-order valence-electron chi connectivity index (χ0n) is 18.3. The molecule has 1 aromatic carbocycles. The van der Waals surface area contributed by atoms with Crippen molar-refractivity contribution in [2.45, 2.75) is 12.6 Å². The molecule has 8 nitrogen and oxygen atoms in total. The number of rotatable bonds is 8. The number of halogens is 1. The Kier molecular flexibility index (Phi) is 10.2. The van der Waals surface area contributed by atoms with Gasteiger partial charge in [-0.25, -0.2) is 0 Å². The molecule has 0 fully saturated rings. The van der Waals surface area contributed by atoms with E-state index in [9.17, 15) is 0 Å². The lowest BCUT2D eigenvalue weighted by atomic mass is 10.1. The summed E-state index contributed by atoms with van der Waals surface area (Å²) in [7, 11) is 13.2. The highest BCUT2D eigenvalue weighted by Gasteiger charge is 2.18. The Bertz CT molecular complexity index is 793. The van der Waals surface area contributed by atoms with Gasteiger partial charge in [-0.15, -0.1) is 24.0 Å². The molecule has 29 heavy (non-hydrogen) atoms. The number of ether oxygens (including phenoxy) is 2. The molecule has 0 bridgehead atoms. The predicted octanol–water partition coefficient (Wildman–Crippen LogP) is 2.37. The number of likely N-dealkylation sites (N-methyl/N-ethyl adjacent to an activating group) is 1. The van der Waals surface area contributed by atoms with Gasteiger partial charge in [-0.3, -0.25) is 9.67 Å². The second kappa shape index (κ2) is 11.9. The van der Waals surface area contributed by atoms with Crippen LogP contribution in [0, 0.1) is 0 Å². The van der Waals surface area contributed by atoms with Crippen LogP contribution in [0.25, 0.3) is 0 Å². The van der Waals surface area contributed by atoms with Crippen molar-refractivity contribution in [2.75, 3.05) is 49.0 Å². The first-order chi connectivity index (χ1) is 13.4. The summed E-state index contributed by atoms with van der Waals surface area (Å²) in [6.07, 6.45) is 3.95. The van der Waals surface area contributed by atoms with Gasteiger partial charge in [0.1, 0.15) is 11.5 Å². The number of hydrogen-bond donors (Lipinski definition) is 1. The number of guanidine groups is 1. The van der Waals surface area contributed by atoms with Crippen molar-refractivity contribution < 1.29 is 9.47 Å². The lowest BCUT2D eigenvalue weighted by Crippen LogP contribution is -2.42. The third-order valence-corrected chi connectivity index (χ3v) is 4.66. The fraction of sp³-hybridized carbons (Fsp3) is 0.500. The van der Waals surface area contributed by atoms with E-state index in [4.69, 9.17) is 9.47 Å². The first-order valence-corrected chi connectivity index (χ1v) is 9.17. The molecule has 2 rings (SSSR count). The van der Waals surface area contributed by atoms with Crippen LogP contribution in [0.4, 0.5) is 0 Å². The summed E-state index contributed by atoms with van der Waals surface area (Å²) in [5.74, 6) is 2.38. The molecule has 1 aromatic heterocycles. The van der Waals surface area contributed by atoms with Gasteiger partial charge in [0, 0.05) is 57.6 Å². The lowest BCUT2D eigenvalue weighted by Gasteiger charge is -2.28. The van der Waals surface area contributed by atoms with Crippen molar-refractivity contribution in [2.24, 2.45) is 12.0 Å². The topological polar surface area (TPSA) is 67.2 Å². The third kappa shape index (κ3) is 6.77. The summed E-state index contributed by atoms with van der Waals surface area (Å²) in [5, 5.41) is 7.76. The quantitative estimate of drug-likeness (QED) is 0.330. The molecule has 0 radical (unpaired) electrons. The number of nitrogens with one attached hydrogen (secondary N) is 1. The van der Waals surface area contributed by atoms with Gasteiger partial charge in [-0.1, -0.05) is 0 Å². The molecule has 0 spiro atoms. The van der Waals surface area contributed by atoms with Crippen LogP contribution >= 0.6 is 24.0 Å². The van der Waals surface area contributed by atoms with Crippen LogP contribution < -0.4 is 14.8 Å². The van der Waals surface area contributed by atoms with E-state index in [1.807, 2.05) is 49.4 Å². The minimum atomic E-state index is 0. The zero-order valence-corrected chi connectivity index (χ0v) is 20.7. The highest BCUT2D eigenvalue weighted by molar-refractivity contribution is 14.0. The van der Waals surface area contributed by atoms with Gasteiger partial charge >= 0.3 is 0 Å². The van der Waals surface area contributed by atoms with Crippen molar-refractivity contribution in [1.82, 2.24) is 24.9 Å². The number of aromatic nitrogens is 2. The molecule has 1 atom stereocenters. The maximum Gasteiger partial charge on any atom is 0.193 e. The van der Waals surface area contributed by atoms with E-state index in [0.717, 1.165) is 35.1 Å². The second-order valence-electron chi connectivity index (χ2n) is 6.89. The minimum absolute atomic E-state index is 0. The highest BCUT2D eigenvalue weighted by Crippen LogP contribution is 2.25. The van der Waals surface area contributed by atoms with Gasteiger partial charge in [0.2, 0.25) is 0 Å².